The van der Waals surface area contributed by atoms with E-state index in [0.717, 1.165) is 17.5 Å². The molecule has 0 fully saturated rings. The van der Waals surface area contributed by atoms with Gasteiger partial charge in [-0.3, -0.25) is 14.4 Å². The van der Waals surface area contributed by atoms with Gasteiger partial charge in [0.15, 0.2) is 5.13 Å². The molecular formula is C24H34N4O4S. The number of aryl methyl sites for hydroxylation is 1. The largest absolute Gasteiger partial charge is 0.383 e. The number of amides is 3. The topological polar surface area (TPSA) is 101 Å². The third-order valence-corrected chi connectivity index (χ3v) is 5.76. The number of hydrogen-bond acceptors (Lipinski definition) is 6. The van der Waals surface area contributed by atoms with E-state index in [9.17, 15) is 14.4 Å². The van der Waals surface area contributed by atoms with Gasteiger partial charge in [0.05, 0.1) is 6.61 Å². The van der Waals surface area contributed by atoms with E-state index in [1.807, 2.05) is 31.2 Å². The minimum atomic E-state index is -0.803. The van der Waals surface area contributed by atoms with E-state index in [1.54, 1.807) is 18.7 Å². The van der Waals surface area contributed by atoms with E-state index >= 15 is 0 Å². The highest BCUT2D eigenvalue weighted by atomic mass is 32.1. The second kappa shape index (κ2) is 13.7. The van der Waals surface area contributed by atoms with Gasteiger partial charge in [-0.15, -0.1) is 11.3 Å². The van der Waals surface area contributed by atoms with Crippen LogP contribution in [0.4, 0.5) is 5.13 Å². The Morgan fingerprint density at radius 1 is 1.15 bits per heavy atom. The fraction of sp³-hybridized carbons (Fsp3) is 0.500. The Kier molecular flexibility index (Phi) is 11.0. The number of thiazole rings is 1. The Balaban J connectivity index is 2.18. The highest BCUT2D eigenvalue weighted by Crippen LogP contribution is 2.23. The van der Waals surface area contributed by atoms with E-state index < -0.39 is 6.04 Å². The average Bonchev–Trinajstić information content (AvgIpc) is 3.28. The second-order valence-electron chi connectivity index (χ2n) is 8.25. The Bertz CT molecular complexity index is 884. The van der Waals surface area contributed by atoms with Gasteiger partial charge in [-0.05, 0) is 24.8 Å². The molecule has 3 amide bonds. The molecule has 0 radical (unpaired) electrons. The van der Waals surface area contributed by atoms with E-state index in [-0.39, 0.29) is 43.7 Å². The molecule has 8 nitrogen and oxygen atoms in total. The number of nitrogens with one attached hydrogen (secondary N) is 2. The van der Waals surface area contributed by atoms with Crippen LogP contribution in [0.3, 0.4) is 0 Å². The first-order valence-electron chi connectivity index (χ1n) is 11.1. The highest BCUT2D eigenvalue weighted by Gasteiger charge is 2.31. The molecule has 0 aliphatic rings. The van der Waals surface area contributed by atoms with Gasteiger partial charge in [-0.25, -0.2) is 4.98 Å². The van der Waals surface area contributed by atoms with Crippen LogP contribution >= 0.6 is 11.3 Å². The molecule has 2 rings (SSSR count). The van der Waals surface area contributed by atoms with Crippen LogP contribution in [0, 0.1) is 12.8 Å². The third kappa shape index (κ3) is 8.94. The van der Waals surface area contributed by atoms with Gasteiger partial charge >= 0.3 is 0 Å². The maximum absolute atomic E-state index is 13.2. The van der Waals surface area contributed by atoms with Gasteiger partial charge in [0, 0.05) is 44.6 Å². The number of methoxy groups -OCH3 is 1. The van der Waals surface area contributed by atoms with Crippen LogP contribution < -0.4 is 10.6 Å². The molecule has 2 N–H and O–H groups in total. The summed E-state index contributed by atoms with van der Waals surface area (Å²) in [6, 6.07) is 6.77. The fourth-order valence-corrected chi connectivity index (χ4v) is 3.77. The number of anilines is 1. The lowest BCUT2D eigenvalue weighted by Crippen LogP contribution is -2.45. The molecule has 0 saturated heterocycles. The van der Waals surface area contributed by atoms with E-state index in [0.29, 0.717) is 17.6 Å². The first kappa shape index (κ1) is 26.5. The highest BCUT2D eigenvalue weighted by molar-refractivity contribution is 7.13. The first-order valence-corrected chi connectivity index (χ1v) is 12.0. The molecule has 180 valence electrons. The van der Waals surface area contributed by atoms with Crippen LogP contribution in [0.1, 0.15) is 50.3 Å². The van der Waals surface area contributed by atoms with Crippen molar-refractivity contribution in [3.8, 4) is 0 Å². The minimum Gasteiger partial charge on any atom is -0.383 e. The van der Waals surface area contributed by atoms with Gasteiger partial charge in [0.2, 0.25) is 17.7 Å². The lowest BCUT2D eigenvalue weighted by atomic mass is 10.0. The van der Waals surface area contributed by atoms with Crippen LogP contribution in [0.5, 0.6) is 0 Å². The molecule has 0 saturated carbocycles. The summed E-state index contributed by atoms with van der Waals surface area (Å²) in [6.45, 7) is 7.19. The standard InChI is InChI=1S/C24H34N4O4S/c1-17(2)11-12-25-23(31)22(19-7-5-18(3)6-8-19)28(14-15-32-4)21(30)10-9-20(29)27-24-26-13-16-33-24/h5-8,13,16-17,22H,9-12,14-15H2,1-4H3,(H,25,31)(H,26,27,29)/t22-/m1/s1. The van der Waals surface area contributed by atoms with Crippen molar-refractivity contribution in [2.24, 2.45) is 5.92 Å². The molecule has 1 aromatic heterocycles. The summed E-state index contributed by atoms with van der Waals surface area (Å²) in [5, 5.41) is 7.91. The van der Waals surface area contributed by atoms with Gasteiger partial charge < -0.3 is 20.3 Å². The molecule has 0 unspecified atom stereocenters. The summed E-state index contributed by atoms with van der Waals surface area (Å²) in [6.07, 6.45) is 2.41. The molecule has 1 heterocycles. The second-order valence-corrected chi connectivity index (χ2v) is 9.15. The van der Waals surface area contributed by atoms with Crippen LogP contribution in [0.2, 0.25) is 0 Å². The van der Waals surface area contributed by atoms with Crippen molar-refractivity contribution in [2.75, 3.05) is 32.1 Å². The van der Waals surface area contributed by atoms with E-state index in [1.165, 1.54) is 16.2 Å². The van der Waals surface area contributed by atoms with Gasteiger partial charge in [-0.1, -0.05) is 43.7 Å². The average molecular weight is 475 g/mol. The van der Waals surface area contributed by atoms with Crippen molar-refractivity contribution >= 4 is 34.2 Å². The predicted octanol–water partition coefficient (Wildman–Crippen LogP) is 3.55. The summed E-state index contributed by atoms with van der Waals surface area (Å²) in [4.78, 5) is 44.2. The normalized spacial score (nSPS) is 11.8. The van der Waals surface area contributed by atoms with Crippen molar-refractivity contribution in [1.82, 2.24) is 15.2 Å². The van der Waals surface area contributed by atoms with Gasteiger partial charge in [0.1, 0.15) is 6.04 Å². The number of carbonyl (C=O) groups is 3. The van der Waals surface area contributed by atoms with E-state index in [2.05, 4.69) is 29.5 Å². The van der Waals surface area contributed by atoms with Crippen LogP contribution in [0.15, 0.2) is 35.8 Å². The number of nitrogens with zero attached hydrogens (tertiary/aromatic N) is 2. The Morgan fingerprint density at radius 3 is 2.48 bits per heavy atom. The summed E-state index contributed by atoms with van der Waals surface area (Å²) in [5.74, 6) is -0.369. The predicted molar refractivity (Wildman–Crippen MR) is 130 cm³/mol. The SMILES string of the molecule is COCCN(C(=O)CCC(=O)Nc1nccs1)[C@@H](C(=O)NCCC(C)C)c1ccc(C)cc1. The lowest BCUT2D eigenvalue weighted by Gasteiger charge is -2.31. The molecule has 0 spiro atoms. The molecule has 0 aliphatic carbocycles. The number of rotatable bonds is 13. The Morgan fingerprint density at radius 2 is 1.88 bits per heavy atom. The Labute approximate surface area is 199 Å². The number of benzene rings is 1. The zero-order valence-electron chi connectivity index (χ0n) is 19.8. The fourth-order valence-electron chi connectivity index (χ4n) is 3.22. The van der Waals surface area contributed by atoms with Crippen molar-refractivity contribution in [2.45, 2.75) is 46.1 Å². The molecular weight excluding hydrogens is 440 g/mol. The number of aromatic nitrogens is 1. The van der Waals surface area contributed by atoms with Crippen molar-refractivity contribution in [3.05, 3.63) is 47.0 Å². The Hall–Kier alpha value is -2.78. The van der Waals surface area contributed by atoms with Crippen LogP contribution in [-0.4, -0.2) is 54.4 Å². The van der Waals surface area contributed by atoms with Crippen LogP contribution in [0.25, 0.3) is 0 Å². The number of hydrogen-bond donors (Lipinski definition) is 2. The van der Waals surface area contributed by atoms with Crippen molar-refractivity contribution in [1.29, 1.82) is 0 Å². The maximum Gasteiger partial charge on any atom is 0.247 e. The quantitative estimate of drug-likeness (QED) is 0.462. The number of carbonyl (C=O) groups excluding carboxylic acids is 3. The minimum absolute atomic E-state index is 0.00250. The molecule has 1 atom stereocenters. The zero-order valence-corrected chi connectivity index (χ0v) is 20.6. The third-order valence-electron chi connectivity index (χ3n) is 5.08. The molecule has 0 bridgehead atoms. The summed E-state index contributed by atoms with van der Waals surface area (Å²) in [5.41, 5.74) is 1.78. The van der Waals surface area contributed by atoms with E-state index in [4.69, 9.17) is 4.74 Å². The monoisotopic (exact) mass is 474 g/mol. The van der Waals surface area contributed by atoms with Crippen LogP contribution in [-0.2, 0) is 19.1 Å². The van der Waals surface area contributed by atoms with Crippen molar-refractivity contribution < 1.29 is 19.1 Å². The molecule has 33 heavy (non-hydrogen) atoms. The lowest BCUT2D eigenvalue weighted by molar-refractivity contribution is -0.142. The summed E-state index contributed by atoms with van der Waals surface area (Å²) in [7, 11) is 1.55. The first-order chi connectivity index (χ1) is 15.8. The summed E-state index contributed by atoms with van der Waals surface area (Å²) >= 11 is 1.31. The van der Waals surface area contributed by atoms with Gasteiger partial charge in [0.25, 0.3) is 0 Å². The number of ether oxygens (including phenoxy) is 1. The zero-order chi connectivity index (χ0) is 24.2. The smallest absolute Gasteiger partial charge is 0.247 e. The molecule has 2 aromatic rings. The maximum atomic E-state index is 13.2. The molecule has 0 aliphatic heterocycles. The molecule has 1 aromatic carbocycles. The van der Waals surface area contributed by atoms with Crippen molar-refractivity contribution in [3.63, 3.8) is 0 Å². The summed E-state index contributed by atoms with van der Waals surface area (Å²) < 4.78 is 5.20. The molecule has 9 heteroatoms. The van der Waals surface area contributed by atoms with Gasteiger partial charge in [-0.2, -0.15) is 0 Å².